The predicted octanol–water partition coefficient (Wildman–Crippen LogP) is 0.999. The molecule has 8 heteroatoms. The van der Waals surface area contributed by atoms with E-state index in [-0.39, 0.29) is 0 Å². The number of hydrogen-bond donors (Lipinski definition) is 3. The summed E-state index contributed by atoms with van der Waals surface area (Å²) in [4.78, 5) is 21.6. The summed E-state index contributed by atoms with van der Waals surface area (Å²) in [5.41, 5.74) is 1.27. The fourth-order valence-corrected chi connectivity index (χ4v) is 2.31. The van der Waals surface area contributed by atoms with E-state index in [0.29, 0.717) is 0 Å². The molecule has 17 heavy (non-hydrogen) atoms. The maximum atomic E-state index is 8.88. The maximum Gasteiger partial charge on any atom is 0.466 e. The molecule has 0 fully saturated rings. The molecule has 0 saturated carbocycles. The first-order chi connectivity index (χ1) is 7.86. The maximum absolute atomic E-state index is 8.88. The largest absolute Gasteiger partial charge is 0.466 e. The average Bonchev–Trinajstić information content (AvgIpc) is 2.25. The normalized spacial score (nSPS) is 11.5. The van der Waals surface area contributed by atoms with E-state index in [1.165, 1.54) is 5.56 Å². The fraction of sp³-hybridized carbons (Fsp3) is 0.333. The Hall–Kier alpha value is -0.00974. The van der Waals surface area contributed by atoms with Gasteiger partial charge in [0, 0.05) is 0 Å². The molecule has 6 nitrogen and oxygen atoms in total. The van der Waals surface area contributed by atoms with Crippen molar-refractivity contribution in [1.29, 1.82) is 0 Å². The summed E-state index contributed by atoms with van der Waals surface area (Å²) < 4.78 is 20.2. The van der Waals surface area contributed by atoms with E-state index in [0.717, 1.165) is 4.64 Å². The molecular formula is C9H16AgO6P. The van der Waals surface area contributed by atoms with Gasteiger partial charge in [-0.05, 0) is 0 Å². The molecular weight excluding hydrogens is 343 g/mol. The molecule has 1 rings (SSSR count). The van der Waals surface area contributed by atoms with Crippen molar-refractivity contribution in [2.24, 2.45) is 0 Å². The average molecular weight is 359 g/mol. The van der Waals surface area contributed by atoms with Crippen LogP contribution < -0.4 is 0 Å². The summed E-state index contributed by atoms with van der Waals surface area (Å²) in [5.74, 6) is 0. The van der Waals surface area contributed by atoms with Crippen molar-refractivity contribution in [3.05, 3.63) is 35.9 Å². The van der Waals surface area contributed by atoms with Crippen LogP contribution in [-0.4, -0.2) is 28.9 Å². The Kier molecular flexibility index (Phi) is 8.99. The summed E-state index contributed by atoms with van der Waals surface area (Å²) in [6, 6.07) is 10.2. The van der Waals surface area contributed by atoms with Crippen LogP contribution in [0.15, 0.2) is 30.3 Å². The van der Waals surface area contributed by atoms with Crippen LogP contribution in [0.25, 0.3) is 0 Å². The number of benzene rings is 1. The van der Waals surface area contributed by atoms with Gasteiger partial charge >= 0.3 is 88.3 Å². The van der Waals surface area contributed by atoms with Gasteiger partial charge in [0.25, 0.3) is 0 Å². The Morgan fingerprint density at radius 3 is 1.88 bits per heavy atom. The summed E-state index contributed by atoms with van der Waals surface area (Å²) in [5, 5.41) is 0. The second-order valence-corrected chi connectivity index (χ2v) is 6.44. The summed E-state index contributed by atoms with van der Waals surface area (Å²) in [6.07, 6.45) is 0. The molecule has 0 aromatic heterocycles. The minimum atomic E-state index is -4.64. The summed E-state index contributed by atoms with van der Waals surface area (Å²) in [6.45, 7) is 0. The standard InChI is InChI=1S/C7H7.2CH3O.Ag.H3O4P/c1-7-5-3-2-4-6-7;2*1-2;;1-5(2,3)4/h2-6H,1H2;2*1H3;;(H3,1,2,3,4)/q;2*-1;+2;. The molecule has 0 unspecified atom stereocenters. The molecule has 0 aliphatic rings. The van der Waals surface area contributed by atoms with Gasteiger partial charge in [0.15, 0.2) is 0 Å². The van der Waals surface area contributed by atoms with Crippen molar-refractivity contribution < 1.29 is 45.0 Å². The first-order valence-electron chi connectivity index (χ1n) is 4.32. The number of rotatable bonds is 4. The topological polar surface area (TPSA) is 96.2 Å². The van der Waals surface area contributed by atoms with E-state index in [2.05, 4.69) is 12.1 Å². The van der Waals surface area contributed by atoms with Crippen LogP contribution in [0.3, 0.4) is 0 Å². The molecule has 0 aliphatic heterocycles. The van der Waals surface area contributed by atoms with Gasteiger partial charge < -0.3 is 14.7 Å². The van der Waals surface area contributed by atoms with Gasteiger partial charge in [-0.15, -0.1) is 0 Å². The Labute approximate surface area is 108 Å². The zero-order valence-corrected chi connectivity index (χ0v) is 11.8. The SMILES string of the molecule is C[O][Ag]([CH2]c1ccccc1)[O]C.O=P(O)(O)O. The smallest absolute Gasteiger partial charge is 0.303 e. The number of hydrogen-bond acceptors (Lipinski definition) is 3. The zero-order valence-electron chi connectivity index (χ0n) is 9.41. The number of phosphoric acid groups is 1. The third kappa shape index (κ3) is 12.2. The van der Waals surface area contributed by atoms with Crippen LogP contribution in [0.5, 0.6) is 0 Å². The Bertz CT molecular complexity index is 328. The molecule has 0 atom stereocenters. The van der Waals surface area contributed by atoms with E-state index in [1.807, 2.05) is 18.2 Å². The van der Waals surface area contributed by atoms with E-state index in [1.54, 1.807) is 14.2 Å². The van der Waals surface area contributed by atoms with E-state index in [9.17, 15) is 0 Å². The summed E-state index contributed by atoms with van der Waals surface area (Å²) in [7, 11) is -1.25. The molecule has 1 aromatic carbocycles. The molecule has 0 amide bonds. The van der Waals surface area contributed by atoms with Crippen LogP contribution in [0, 0.1) is 0 Å². The van der Waals surface area contributed by atoms with Gasteiger partial charge in [-0.25, -0.2) is 4.57 Å². The van der Waals surface area contributed by atoms with Crippen molar-refractivity contribution in [3.8, 4) is 0 Å². The second kappa shape index (κ2) is 8.99. The molecule has 0 aliphatic carbocycles. The van der Waals surface area contributed by atoms with E-state index < -0.39 is 27.1 Å². The molecule has 1 aromatic rings. The molecule has 3 N–H and O–H groups in total. The van der Waals surface area contributed by atoms with E-state index in [4.69, 9.17) is 25.7 Å². The van der Waals surface area contributed by atoms with Crippen LogP contribution in [-0.2, 0) is 34.9 Å². The van der Waals surface area contributed by atoms with Crippen LogP contribution in [0.2, 0.25) is 0 Å². The van der Waals surface area contributed by atoms with Crippen molar-refractivity contribution >= 4 is 7.82 Å². The van der Waals surface area contributed by atoms with Crippen molar-refractivity contribution in [1.82, 2.24) is 0 Å². The Morgan fingerprint density at radius 1 is 1.12 bits per heavy atom. The molecule has 0 saturated heterocycles. The summed E-state index contributed by atoms with van der Waals surface area (Å²) >= 11 is -1.09. The van der Waals surface area contributed by atoms with Crippen LogP contribution >= 0.6 is 7.82 Å². The zero-order chi connectivity index (χ0) is 13.3. The van der Waals surface area contributed by atoms with Gasteiger partial charge in [-0.3, -0.25) is 0 Å². The van der Waals surface area contributed by atoms with Gasteiger partial charge in [-0.2, -0.15) is 0 Å². The minimum Gasteiger partial charge on any atom is -0.303 e. The van der Waals surface area contributed by atoms with E-state index >= 15 is 0 Å². The molecule has 0 heterocycles. The Morgan fingerprint density at radius 2 is 1.53 bits per heavy atom. The second-order valence-electron chi connectivity index (χ2n) is 2.58. The van der Waals surface area contributed by atoms with Gasteiger partial charge in [-0.1, -0.05) is 0 Å². The first-order valence-corrected chi connectivity index (χ1v) is 8.15. The molecule has 0 bridgehead atoms. The molecule has 104 valence electrons. The van der Waals surface area contributed by atoms with Crippen molar-refractivity contribution in [2.45, 2.75) is 4.64 Å². The third-order valence-electron chi connectivity index (χ3n) is 1.33. The third-order valence-corrected chi connectivity index (χ3v) is 3.71. The minimum absolute atomic E-state index is 0.903. The van der Waals surface area contributed by atoms with Gasteiger partial charge in [0.1, 0.15) is 0 Å². The quantitative estimate of drug-likeness (QED) is 0.548. The van der Waals surface area contributed by atoms with Crippen molar-refractivity contribution in [2.75, 3.05) is 14.2 Å². The van der Waals surface area contributed by atoms with Gasteiger partial charge in [0.05, 0.1) is 0 Å². The van der Waals surface area contributed by atoms with Crippen molar-refractivity contribution in [3.63, 3.8) is 0 Å². The molecule has 0 spiro atoms. The fourth-order valence-electron chi connectivity index (χ4n) is 0.787. The molecule has 0 radical (unpaired) electrons. The van der Waals surface area contributed by atoms with Gasteiger partial charge in [0.2, 0.25) is 0 Å². The Balaban J connectivity index is 0.000000437. The first kappa shape index (κ1) is 17.0. The van der Waals surface area contributed by atoms with Crippen LogP contribution in [0.1, 0.15) is 5.56 Å². The predicted molar refractivity (Wildman–Crippen MR) is 58.4 cm³/mol. The monoisotopic (exact) mass is 358 g/mol. The van der Waals surface area contributed by atoms with Crippen LogP contribution in [0.4, 0.5) is 0 Å².